The van der Waals surface area contributed by atoms with Gasteiger partial charge in [0.25, 0.3) is 5.91 Å². The van der Waals surface area contributed by atoms with Crippen LogP contribution in [0.3, 0.4) is 0 Å². The van der Waals surface area contributed by atoms with E-state index in [0.717, 1.165) is 12.1 Å². The molecule has 120 valence electrons. The van der Waals surface area contributed by atoms with Crippen LogP contribution in [0.15, 0.2) is 36.7 Å². The number of para-hydroxylation sites is 2. The average Bonchev–Trinajstić information content (AvgIpc) is 3.04. The topological polar surface area (TPSA) is 67.2 Å². The Hall–Kier alpha value is -2.63. The fraction of sp³-hybridized carbons (Fsp3) is 0.353. The number of hydrogen-bond acceptors (Lipinski definition) is 3. The SMILES string of the molecule is CCCC1C(=O)Nc2ccccc2N1C(=O)c1cnn(CC)c1. The highest BCUT2D eigenvalue weighted by molar-refractivity contribution is 6.16. The molecule has 1 aliphatic heterocycles. The van der Waals surface area contributed by atoms with Gasteiger partial charge in [-0.05, 0) is 25.5 Å². The van der Waals surface area contributed by atoms with Crippen molar-refractivity contribution in [1.82, 2.24) is 9.78 Å². The number of aryl methyl sites for hydroxylation is 1. The highest BCUT2D eigenvalue weighted by Crippen LogP contribution is 2.34. The minimum absolute atomic E-state index is 0.137. The van der Waals surface area contributed by atoms with Crippen LogP contribution in [0.4, 0.5) is 11.4 Å². The quantitative estimate of drug-likeness (QED) is 0.944. The molecule has 1 atom stereocenters. The third-order valence-electron chi connectivity index (χ3n) is 4.02. The van der Waals surface area contributed by atoms with Crippen molar-refractivity contribution in [3.8, 4) is 0 Å². The summed E-state index contributed by atoms with van der Waals surface area (Å²) in [4.78, 5) is 27.0. The summed E-state index contributed by atoms with van der Waals surface area (Å²) in [6.07, 6.45) is 4.72. The van der Waals surface area contributed by atoms with E-state index < -0.39 is 6.04 Å². The van der Waals surface area contributed by atoms with Crippen molar-refractivity contribution in [3.63, 3.8) is 0 Å². The van der Waals surface area contributed by atoms with Gasteiger partial charge in [-0.25, -0.2) is 0 Å². The van der Waals surface area contributed by atoms with Crippen molar-refractivity contribution < 1.29 is 9.59 Å². The lowest BCUT2D eigenvalue weighted by atomic mass is 10.0. The summed E-state index contributed by atoms with van der Waals surface area (Å²) in [5.41, 5.74) is 1.90. The number of amides is 2. The normalized spacial score (nSPS) is 16.9. The third kappa shape index (κ3) is 2.72. The molecule has 0 aliphatic carbocycles. The standard InChI is InChI=1S/C17H20N4O2/c1-3-7-15-16(22)19-13-8-5-6-9-14(13)21(15)17(23)12-10-18-20(4-2)11-12/h5-6,8-11,15H,3-4,7H2,1-2H3,(H,19,22). The first-order valence-electron chi connectivity index (χ1n) is 7.91. The van der Waals surface area contributed by atoms with Crippen LogP contribution in [0.5, 0.6) is 0 Å². The number of rotatable bonds is 4. The second kappa shape index (κ2) is 6.24. The summed E-state index contributed by atoms with van der Waals surface area (Å²) in [5.74, 6) is -0.327. The van der Waals surface area contributed by atoms with Gasteiger partial charge in [-0.15, -0.1) is 0 Å². The number of anilines is 2. The van der Waals surface area contributed by atoms with Crippen molar-refractivity contribution >= 4 is 23.2 Å². The van der Waals surface area contributed by atoms with E-state index in [1.807, 2.05) is 38.1 Å². The van der Waals surface area contributed by atoms with Crippen LogP contribution in [-0.4, -0.2) is 27.6 Å². The molecule has 2 amide bonds. The first kappa shape index (κ1) is 15.3. The van der Waals surface area contributed by atoms with Gasteiger partial charge in [0.15, 0.2) is 0 Å². The Balaban J connectivity index is 2.04. The molecular weight excluding hydrogens is 292 g/mol. The number of carbonyl (C=O) groups excluding carboxylic acids is 2. The van der Waals surface area contributed by atoms with Crippen molar-refractivity contribution in [1.29, 1.82) is 0 Å². The van der Waals surface area contributed by atoms with E-state index >= 15 is 0 Å². The van der Waals surface area contributed by atoms with Gasteiger partial charge < -0.3 is 5.32 Å². The molecule has 2 heterocycles. The molecule has 2 aromatic rings. The molecule has 6 heteroatoms. The van der Waals surface area contributed by atoms with Crippen LogP contribution in [0.1, 0.15) is 37.0 Å². The monoisotopic (exact) mass is 312 g/mol. The Bertz CT molecular complexity index is 738. The van der Waals surface area contributed by atoms with Crippen molar-refractivity contribution in [2.24, 2.45) is 0 Å². The third-order valence-corrected chi connectivity index (χ3v) is 4.02. The predicted octanol–water partition coefficient (Wildman–Crippen LogP) is 2.67. The van der Waals surface area contributed by atoms with Crippen molar-refractivity contribution in [2.75, 3.05) is 10.2 Å². The van der Waals surface area contributed by atoms with E-state index in [-0.39, 0.29) is 11.8 Å². The lowest BCUT2D eigenvalue weighted by Gasteiger charge is -2.36. The molecule has 1 aromatic carbocycles. The Kier molecular flexibility index (Phi) is 4.14. The molecule has 0 saturated heterocycles. The number of carbonyl (C=O) groups is 2. The van der Waals surface area contributed by atoms with Gasteiger partial charge in [0.05, 0.1) is 23.1 Å². The molecule has 23 heavy (non-hydrogen) atoms. The Morgan fingerprint density at radius 3 is 2.78 bits per heavy atom. The molecular formula is C17H20N4O2. The van der Waals surface area contributed by atoms with Crippen LogP contribution in [0, 0.1) is 0 Å². The highest BCUT2D eigenvalue weighted by Gasteiger charge is 2.36. The first-order chi connectivity index (χ1) is 11.2. The molecule has 3 rings (SSSR count). The zero-order valence-electron chi connectivity index (χ0n) is 13.3. The molecule has 6 nitrogen and oxygen atoms in total. The molecule has 0 bridgehead atoms. The molecule has 0 fully saturated rings. The van der Waals surface area contributed by atoms with Crippen LogP contribution in [0.25, 0.3) is 0 Å². The van der Waals surface area contributed by atoms with E-state index in [9.17, 15) is 9.59 Å². The van der Waals surface area contributed by atoms with E-state index in [1.165, 1.54) is 0 Å². The van der Waals surface area contributed by atoms with Gasteiger partial charge in [-0.3, -0.25) is 19.2 Å². The molecule has 1 aromatic heterocycles. The minimum Gasteiger partial charge on any atom is -0.322 e. The summed E-state index contributed by atoms with van der Waals surface area (Å²) in [7, 11) is 0. The van der Waals surface area contributed by atoms with Crippen LogP contribution in [-0.2, 0) is 11.3 Å². The highest BCUT2D eigenvalue weighted by atomic mass is 16.2. The zero-order chi connectivity index (χ0) is 16.4. The maximum Gasteiger partial charge on any atom is 0.262 e. The van der Waals surface area contributed by atoms with Gasteiger partial charge in [-0.2, -0.15) is 5.10 Å². The average molecular weight is 312 g/mol. The molecule has 1 aliphatic rings. The summed E-state index contributed by atoms with van der Waals surface area (Å²) >= 11 is 0. The maximum absolute atomic E-state index is 13.0. The number of nitrogens with one attached hydrogen (secondary N) is 1. The minimum atomic E-state index is -0.493. The fourth-order valence-electron chi connectivity index (χ4n) is 2.86. The van der Waals surface area contributed by atoms with Crippen LogP contribution < -0.4 is 10.2 Å². The molecule has 0 radical (unpaired) electrons. The van der Waals surface area contributed by atoms with E-state index in [4.69, 9.17) is 0 Å². The van der Waals surface area contributed by atoms with Gasteiger partial charge in [-0.1, -0.05) is 25.5 Å². The largest absolute Gasteiger partial charge is 0.322 e. The fourth-order valence-corrected chi connectivity index (χ4v) is 2.86. The van der Waals surface area contributed by atoms with E-state index in [0.29, 0.717) is 24.2 Å². The van der Waals surface area contributed by atoms with Gasteiger partial charge >= 0.3 is 0 Å². The van der Waals surface area contributed by atoms with Gasteiger partial charge in [0.2, 0.25) is 5.91 Å². The van der Waals surface area contributed by atoms with E-state index in [1.54, 1.807) is 22.0 Å². The number of benzene rings is 1. The molecule has 1 unspecified atom stereocenters. The number of aromatic nitrogens is 2. The second-order valence-corrected chi connectivity index (χ2v) is 5.57. The van der Waals surface area contributed by atoms with Crippen LogP contribution >= 0.6 is 0 Å². The van der Waals surface area contributed by atoms with Crippen LogP contribution in [0.2, 0.25) is 0 Å². The zero-order valence-corrected chi connectivity index (χ0v) is 13.3. The number of nitrogens with zero attached hydrogens (tertiary/aromatic N) is 3. The van der Waals surface area contributed by atoms with Crippen molar-refractivity contribution in [3.05, 3.63) is 42.2 Å². The lowest BCUT2D eigenvalue weighted by molar-refractivity contribution is -0.117. The van der Waals surface area contributed by atoms with Crippen molar-refractivity contribution in [2.45, 2.75) is 39.3 Å². The number of fused-ring (bicyclic) bond motifs is 1. The van der Waals surface area contributed by atoms with Gasteiger partial charge in [0, 0.05) is 12.7 Å². The Morgan fingerprint density at radius 2 is 2.09 bits per heavy atom. The van der Waals surface area contributed by atoms with E-state index in [2.05, 4.69) is 10.4 Å². The molecule has 0 spiro atoms. The smallest absolute Gasteiger partial charge is 0.262 e. The predicted molar refractivity (Wildman–Crippen MR) is 88.5 cm³/mol. The molecule has 0 saturated carbocycles. The summed E-state index contributed by atoms with van der Waals surface area (Å²) < 4.78 is 1.71. The maximum atomic E-state index is 13.0. The summed E-state index contributed by atoms with van der Waals surface area (Å²) in [5, 5.41) is 7.06. The Morgan fingerprint density at radius 1 is 1.30 bits per heavy atom. The number of hydrogen-bond donors (Lipinski definition) is 1. The first-order valence-corrected chi connectivity index (χ1v) is 7.91. The Labute approximate surface area is 135 Å². The summed E-state index contributed by atoms with van der Waals surface area (Å²) in [6, 6.07) is 6.89. The second-order valence-electron chi connectivity index (χ2n) is 5.57. The summed E-state index contributed by atoms with van der Waals surface area (Å²) in [6.45, 7) is 4.67. The van der Waals surface area contributed by atoms with Gasteiger partial charge in [0.1, 0.15) is 6.04 Å². The molecule has 1 N–H and O–H groups in total. The lowest BCUT2D eigenvalue weighted by Crippen LogP contribution is -2.51.